The fourth-order valence-corrected chi connectivity index (χ4v) is 5.28. The van der Waals surface area contributed by atoms with Crippen molar-refractivity contribution in [2.75, 3.05) is 11.9 Å². The number of nitrogens with two attached hydrogens (primary N) is 1. The monoisotopic (exact) mass is 743 g/mol. The van der Waals surface area contributed by atoms with Crippen LogP contribution in [0.2, 0.25) is 0 Å². The molecule has 3 aromatic rings. The molecule has 54 heavy (non-hydrogen) atoms. The number of pyridine rings is 2. The molecule has 16 heteroatoms. The molecule has 4 atom stereocenters. The molecule has 7 amide bonds. The molecule has 0 spiro atoms. The van der Waals surface area contributed by atoms with E-state index in [0.717, 1.165) is 5.56 Å². The molecule has 2 heterocycles. The highest BCUT2D eigenvalue weighted by molar-refractivity contribution is 5.99. The Morgan fingerprint density at radius 3 is 1.85 bits per heavy atom. The Bertz CT molecular complexity index is 1780. The van der Waals surface area contributed by atoms with Crippen molar-refractivity contribution < 1.29 is 33.6 Å². The van der Waals surface area contributed by atoms with Gasteiger partial charge in [-0.3, -0.25) is 43.5 Å². The molecule has 2 aromatic heterocycles. The highest BCUT2D eigenvalue weighted by atomic mass is 16.2. The van der Waals surface area contributed by atoms with Crippen LogP contribution in [-0.2, 0) is 35.2 Å². The number of nitrogens with zero attached hydrogens (tertiary/aromatic N) is 2. The van der Waals surface area contributed by atoms with Crippen molar-refractivity contribution in [1.29, 1.82) is 0 Å². The van der Waals surface area contributed by atoms with E-state index in [2.05, 4.69) is 41.9 Å². The lowest BCUT2D eigenvalue weighted by molar-refractivity contribution is -0.131. The van der Waals surface area contributed by atoms with Gasteiger partial charge in [0.15, 0.2) is 0 Å². The lowest BCUT2D eigenvalue weighted by Gasteiger charge is -2.25. The number of amides is 7. The number of hydrogen-bond acceptors (Lipinski definition) is 9. The number of nitrogens with one attached hydrogen (secondary N) is 6. The smallest absolute Gasteiger partial charge is 0.253 e. The second-order valence-corrected chi connectivity index (χ2v) is 13.6. The van der Waals surface area contributed by atoms with Crippen LogP contribution >= 0.6 is 0 Å². The number of aromatic nitrogens is 2. The number of carbonyl (C=O) groups excluding carboxylic acids is 7. The fourth-order valence-electron chi connectivity index (χ4n) is 5.28. The number of hydrogen-bond donors (Lipinski definition) is 7. The number of rotatable bonds is 18. The first-order valence-corrected chi connectivity index (χ1v) is 17.6. The maximum atomic E-state index is 13.4. The Labute approximate surface area is 314 Å². The Morgan fingerprint density at radius 1 is 0.685 bits per heavy atom. The van der Waals surface area contributed by atoms with E-state index < -0.39 is 66.2 Å². The van der Waals surface area contributed by atoms with Crippen molar-refractivity contribution in [2.24, 2.45) is 17.6 Å². The number of benzene rings is 1. The van der Waals surface area contributed by atoms with Crippen molar-refractivity contribution in [3.63, 3.8) is 0 Å². The predicted molar refractivity (Wildman–Crippen MR) is 201 cm³/mol. The van der Waals surface area contributed by atoms with Crippen LogP contribution in [0.25, 0.3) is 11.4 Å². The van der Waals surface area contributed by atoms with Gasteiger partial charge < -0.3 is 37.6 Å². The molecule has 288 valence electrons. The first kappa shape index (κ1) is 42.2. The maximum Gasteiger partial charge on any atom is 0.253 e. The summed E-state index contributed by atoms with van der Waals surface area (Å²) in [5.74, 6) is -4.05. The van der Waals surface area contributed by atoms with Gasteiger partial charge in [-0.05, 0) is 55.0 Å². The highest BCUT2D eigenvalue weighted by Gasteiger charge is 2.30. The third-order valence-electron chi connectivity index (χ3n) is 8.06. The van der Waals surface area contributed by atoms with Crippen LogP contribution in [-0.4, -0.2) is 82.0 Å². The van der Waals surface area contributed by atoms with E-state index in [-0.39, 0.29) is 29.7 Å². The summed E-state index contributed by atoms with van der Waals surface area (Å²) in [6, 6.07) is 11.7. The van der Waals surface area contributed by atoms with Crippen LogP contribution < -0.4 is 37.6 Å². The quantitative estimate of drug-likeness (QED) is 0.0989. The van der Waals surface area contributed by atoms with Crippen LogP contribution in [0.3, 0.4) is 0 Å². The minimum atomic E-state index is -1.04. The maximum absolute atomic E-state index is 13.4. The molecule has 0 aliphatic heterocycles. The van der Waals surface area contributed by atoms with Crippen LogP contribution in [0.5, 0.6) is 0 Å². The molecular weight excluding hydrogens is 694 g/mol. The van der Waals surface area contributed by atoms with E-state index >= 15 is 0 Å². The van der Waals surface area contributed by atoms with E-state index in [4.69, 9.17) is 5.73 Å². The molecule has 0 bridgehead atoms. The molecule has 0 fully saturated rings. The predicted octanol–water partition coefficient (Wildman–Crippen LogP) is 1.22. The van der Waals surface area contributed by atoms with Crippen molar-refractivity contribution in [3.8, 4) is 11.4 Å². The van der Waals surface area contributed by atoms with Gasteiger partial charge in [-0.25, -0.2) is 0 Å². The lowest BCUT2D eigenvalue weighted by Crippen LogP contribution is -2.56. The van der Waals surface area contributed by atoms with Crippen LogP contribution in [0.15, 0.2) is 67.0 Å². The molecule has 0 aliphatic rings. The zero-order chi connectivity index (χ0) is 39.9. The molecule has 0 aliphatic carbocycles. The SMILES string of the molecule is CC(=O)N[C@@H](C)C(=O)N[C@@H](CC(C)C)C(=O)Nc1ccc(-c2ccc(C(=O)N[C@H](C(=O)N[C@@H](Cc3ccccc3)C(=O)NCC(N)=O)C(C)C)cn2)nc1. The van der Waals surface area contributed by atoms with Crippen LogP contribution in [0, 0.1) is 11.8 Å². The second kappa shape index (κ2) is 20.2. The Hall–Kier alpha value is -6.19. The highest BCUT2D eigenvalue weighted by Crippen LogP contribution is 2.18. The molecule has 8 N–H and O–H groups in total. The Morgan fingerprint density at radius 2 is 1.31 bits per heavy atom. The summed E-state index contributed by atoms with van der Waals surface area (Å²) in [6.07, 6.45) is 3.29. The Balaban J connectivity index is 1.66. The van der Waals surface area contributed by atoms with Gasteiger partial charge in [-0.2, -0.15) is 0 Å². The summed E-state index contributed by atoms with van der Waals surface area (Å²) in [4.78, 5) is 96.6. The van der Waals surface area contributed by atoms with E-state index in [1.54, 1.807) is 56.3 Å². The normalized spacial score (nSPS) is 13.1. The van der Waals surface area contributed by atoms with Gasteiger partial charge in [-0.1, -0.05) is 58.0 Å². The van der Waals surface area contributed by atoms with Crippen molar-refractivity contribution in [3.05, 3.63) is 78.1 Å². The van der Waals surface area contributed by atoms with E-state index in [0.29, 0.717) is 23.5 Å². The largest absolute Gasteiger partial charge is 0.368 e. The summed E-state index contributed by atoms with van der Waals surface area (Å²) < 4.78 is 0. The fraction of sp³-hybridized carbons (Fsp3) is 0.395. The third kappa shape index (κ3) is 13.4. The zero-order valence-corrected chi connectivity index (χ0v) is 31.3. The zero-order valence-electron chi connectivity index (χ0n) is 31.3. The van der Waals surface area contributed by atoms with E-state index in [1.807, 2.05) is 19.9 Å². The van der Waals surface area contributed by atoms with Gasteiger partial charge >= 0.3 is 0 Å². The van der Waals surface area contributed by atoms with Crippen LogP contribution in [0.4, 0.5) is 5.69 Å². The number of carbonyl (C=O) groups is 7. The minimum Gasteiger partial charge on any atom is -0.368 e. The van der Waals surface area contributed by atoms with E-state index in [9.17, 15) is 33.6 Å². The average molecular weight is 744 g/mol. The average Bonchev–Trinajstić information content (AvgIpc) is 3.12. The first-order chi connectivity index (χ1) is 25.5. The summed E-state index contributed by atoms with van der Waals surface area (Å²) >= 11 is 0. The molecule has 0 saturated heterocycles. The van der Waals surface area contributed by atoms with Gasteiger partial charge in [-0.15, -0.1) is 0 Å². The van der Waals surface area contributed by atoms with Gasteiger partial charge in [0.05, 0.1) is 35.4 Å². The summed E-state index contributed by atoms with van der Waals surface area (Å²) in [5.41, 5.74) is 7.39. The van der Waals surface area contributed by atoms with Crippen molar-refractivity contribution in [1.82, 2.24) is 36.6 Å². The number of anilines is 1. The Kier molecular flexibility index (Phi) is 15.8. The second-order valence-electron chi connectivity index (χ2n) is 13.6. The molecule has 16 nitrogen and oxygen atoms in total. The molecule has 1 aromatic carbocycles. The van der Waals surface area contributed by atoms with Gasteiger partial charge in [0.2, 0.25) is 35.4 Å². The molecular formula is C38H49N9O7. The van der Waals surface area contributed by atoms with Gasteiger partial charge in [0.1, 0.15) is 24.2 Å². The lowest BCUT2D eigenvalue weighted by atomic mass is 10.0. The van der Waals surface area contributed by atoms with Crippen LogP contribution in [0.1, 0.15) is 63.9 Å². The summed E-state index contributed by atoms with van der Waals surface area (Å²) in [7, 11) is 0. The molecule has 0 radical (unpaired) electrons. The molecule has 3 rings (SSSR count). The standard InChI is InChI=1S/C38H49N9O7/c1-21(2)16-30(45-34(50)23(5)43-24(6)48)37(53)44-27-13-15-29(41-19-27)28-14-12-26(18-40-28)35(51)47-33(22(3)4)38(54)46-31(36(52)42-20-32(39)49)17-25-10-8-7-9-11-25/h7-15,18-19,21-23,30-31,33H,16-17,20H2,1-6H3,(H2,39,49)(H,42,52)(H,43,48)(H,44,53)(H,45,50)(H,46,54)(H,47,51)/t23-,30-,31-,33-/m0/s1. The molecule has 0 saturated carbocycles. The van der Waals surface area contributed by atoms with Crippen molar-refractivity contribution >= 4 is 47.0 Å². The van der Waals surface area contributed by atoms with Crippen molar-refractivity contribution in [2.45, 2.75) is 78.6 Å². The topological polar surface area (TPSA) is 243 Å². The van der Waals surface area contributed by atoms with Gasteiger partial charge in [0, 0.05) is 19.5 Å². The summed E-state index contributed by atoms with van der Waals surface area (Å²) in [6.45, 7) is 9.77. The first-order valence-electron chi connectivity index (χ1n) is 17.6. The third-order valence-corrected chi connectivity index (χ3v) is 8.06. The summed E-state index contributed by atoms with van der Waals surface area (Å²) in [5, 5.41) is 15.8. The van der Waals surface area contributed by atoms with Gasteiger partial charge in [0.25, 0.3) is 5.91 Å². The minimum absolute atomic E-state index is 0.0910. The van der Waals surface area contributed by atoms with E-state index in [1.165, 1.54) is 32.3 Å². The molecule has 0 unspecified atom stereocenters. The number of primary amides is 1.